The van der Waals surface area contributed by atoms with Gasteiger partial charge in [0.15, 0.2) is 0 Å². The Kier molecular flexibility index (Phi) is 71.2. The van der Waals surface area contributed by atoms with Crippen molar-refractivity contribution >= 4 is 75.6 Å². The van der Waals surface area contributed by atoms with Gasteiger partial charge in [-0.15, -0.1) is 0 Å². The van der Waals surface area contributed by atoms with Gasteiger partial charge in [0.25, 0.3) is 0 Å². The van der Waals surface area contributed by atoms with Crippen molar-refractivity contribution < 1.29 is 28.7 Å². The second-order valence-electron chi connectivity index (χ2n) is 0.565. The second kappa shape index (κ2) is 29.2. The minimum atomic E-state index is -3.13. The fourth-order valence-electron chi connectivity index (χ4n) is 0. The summed E-state index contributed by atoms with van der Waals surface area (Å²) in [5.74, 6) is 0. The molecule has 70 valence electrons. The van der Waals surface area contributed by atoms with Crippen molar-refractivity contribution in [2.75, 3.05) is 0 Å². The molecule has 0 aliphatic heterocycles. The second-order valence-corrected chi connectivity index (χ2v) is 1.70. The molecule has 0 saturated carbocycles. The molecule has 0 aromatic rings. The predicted molar refractivity (Wildman–Crippen MR) is 52.5 cm³/mol. The number of hydrogen-bond acceptors (Lipinski definition) is 2. The Morgan fingerprint density at radius 3 is 0.750 bits per heavy atom. The van der Waals surface area contributed by atoms with Crippen molar-refractivity contribution in [3.63, 3.8) is 0 Å². The van der Waals surface area contributed by atoms with Crippen LogP contribution in [-0.4, -0.2) is 78.7 Å². The van der Waals surface area contributed by atoms with Gasteiger partial charge in [-0.1, -0.05) is 13.8 Å². The van der Waals surface area contributed by atoms with Crippen LogP contribution in [-0.2, 0) is 9.13 Å². The molecule has 0 aliphatic rings. The van der Waals surface area contributed by atoms with Crippen molar-refractivity contribution in [1.82, 2.24) is 0 Å². The van der Waals surface area contributed by atoms with Gasteiger partial charge in [-0.05, 0) is 0 Å². The van der Waals surface area contributed by atoms with Gasteiger partial charge in [-0.25, -0.2) is 0 Å². The molecule has 12 heavy (non-hydrogen) atoms. The summed E-state index contributed by atoms with van der Waals surface area (Å²) in [6, 6.07) is 0. The van der Waals surface area contributed by atoms with Crippen molar-refractivity contribution in [3.05, 3.63) is 0 Å². The molecule has 0 aromatic heterocycles. The zero-order valence-electron chi connectivity index (χ0n) is 5.61. The molecule has 4 N–H and O–H groups in total. The third-order valence-corrected chi connectivity index (χ3v) is 0. The van der Waals surface area contributed by atoms with Gasteiger partial charge >= 0.3 is 75.6 Å². The van der Waals surface area contributed by atoms with E-state index in [0.717, 1.165) is 0 Å². The molecule has 0 fully saturated rings. The number of hydrogen-bond donors (Lipinski definition) is 4. The molecule has 0 saturated heterocycles. The molecule has 0 unspecified atom stereocenters. The van der Waals surface area contributed by atoms with Crippen molar-refractivity contribution in [2.24, 2.45) is 0 Å². The molecule has 0 rings (SSSR count). The Hall–Kier alpha value is 2.30. The van der Waals surface area contributed by atoms with Crippen LogP contribution >= 0.6 is 16.5 Å². The first-order chi connectivity index (χ1) is 4.46. The maximum atomic E-state index is 8.74. The van der Waals surface area contributed by atoms with Crippen molar-refractivity contribution in [1.29, 1.82) is 0 Å². The van der Waals surface area contributed by atoms with Crippen LogP contribution in [0.2, 0.25) is 0 Å². The zero-order chi connectivity index (χ0) is 9.15. The van der Waals surface area contributed by atoms with Crippen molar-refractivity contribution in [3.8, 4) is 0 Å². The monoisotopic (exact) mass is 242 g/mol. The van der Waals surface area contributed by atoms with E-state index in [1.165, 1.54) is 0 Å². The van der Waals surface area contributed by atoms with Crippen LogP contribution in [0, 0.1) is 0 Å². The summed E-state index contributed by atoms with van der Waals surface area (Å²) in [6.07, 6.45) is 0. The van der Waals surface area contributed by atoms with Gasteiger partial charge in [0.2, 0.25) is 0 Å². The molecule has 0 aliphatic carbocycles. The molecular formula is C2H14Na2O6P2. The average molecular weight is 242 g/mol. The summed E-state index contributed by atoms with van der Waals surface area (Å²) < 4.78 is 17.5. The molecule has 0 atom stereocenters. The van der Waals surface area contributed by atoms with E-state index in [1.807, 2.05) is 13.8 Å². The van der Waals surface area contributed by atoms with E-state index in [9.17, 15) is 0 Å². The van der Waals surface area contributed by atoms with Crippen LogP contribution in [0.4, 0.5) is 0 Å². The van der Waals surface area contributed by atoms with Gasteiger partial charge in [-0.3, -0.25) is 9.13 Å². The molecule has 0 heterocycles. The van der Waals surface area contributed by atoms with Gasteiger partial charge in [0.05, 0.1) is 0 Å². The summed E-state index contributed by atoms with van der Waals surface area (Å²) in [4.78, 5) is 28.6. The molecule has 0 radical (unpaired) electrons. The quantitative estimate of drug-likeness (QED) is 0.302. The molecule has 0 aromatic carbocycles. The van der Waals surface area contributed by atoms with Crippen LogP contribution < -0.4 is 0 Å². The van der Waals surface area contributed by atoms with Crippen LogP contribution in [0.5, 0.6) is 0 Å². The van der Waals surface area contributed by atoms with Gasteiger partial charge in [-0.2, -0.15) is 0 Å². The van der Waals surface area contributed by atoms with E-state index in [-0.39, 0.29) is 59.1 Å². The predicted octanol–water partition coefficient (Wildman–Crippen LogP) is -1.55. The summed E-state index contributed by atoms with van der Waals surface area (Å²) >= 11 is 0. The van der Waals surface area contributed by atoms with E-state index in [1.54, 1.807) is 0 Å². The fourth-order valence-corrected chi connectivity index (χ4v) is 0. The maximum absolute atomic E-state index is 8.74. The third-order valence-electron chi connectivity index (χ3n) is 0. The summed E-state index contributed by atoms with van der Waals surface area (Å²) in [7, 11) is -6.26. The zero-order valence-corrected chi connectivity index (χ0v) is 7.61. The SMILES string of the molecule is CC.O=[PH](O)O.O=[PH](O)O.[NaH].[NaH]. The normalized spacial score (nSPS) is 6.33. The molecule has 0 spiro atoms. The summed E-state index contributed by atoms with van der Waals surface area (Å²) in [5.41, 5.74) is 0. The van der Waals surface area contributed by atoms with Gasteiger partial charge < -0.3 is 19.6 Å². The Balaban J connectivity index is -0.0000000198. The minimum absolute atomic E-state index is 0. The van der Waals surface area contributed by atoms with E-state index in [2.05, 4.69) is 0 Å². The number of rotatable bonds is 0. The van der Waals surface area contributed by atoms with Crippen LogP contribution in [0.25, 0.3) is 0 Å². The van der Waals surface area contributed by atoms with Crippen LogP contribution in [0.3, 0.4) is 0 Å². The van der Waals surface area contributed by atoms with Gasteiger partial charge in [0, 0.05) is 0 Å². The fraction of sp³-hybridized carbons (Fsp3) is 1.00. The Morgan fingerprint density at radius 1 is 0.750 bits per heavy atom. The van der Waals surface area contributed by atoms with Crippen LogP contribution in [0.1, 0.15) is 13.8 Å². The summed E-state index contributed by atoms with van der Waals surface area (Å²) in [6.45, 7) is 4.00. The topological polar surface area (TPSA) is 115 Å². The first kappa shape index (κ1) is 29.2. The van der Waals surface area contributed by atoms with Crippen LogP contribution in [0.15, 0.2) is 0 Å². The van der Waals surface area contributed by atoms with E-state index < -0.39 is 16.5 Å². The Bertz CT molecular complexity index is 79.5. The van der Waals surface area contributed by atoms with E-state index in [4.69, 9.17) is 28.7 Å². The first-order valence-electron chi connectivity index (χ1n) is 2.30. The Labute approximate surface area is 117 Å². The van der Waals surface area contributed by atoms with Gasteiger partial charge in [0.1, 0.15) is 0 Å². The molecule has 0 amide bonds. The first-order valence-corrected chi connectivity index (χ1v) is 4.91. The average Bonchev–Trinajstić information content (AvgIpc) is 1.66. The van der Waals surface area contributed by atoms with E-state index >= 15 is 0 Å². The Morgan fingerprint density at radius 2 is 0.750 bits per heavy atom. The van der Waals surface area contributed by atoms with Crippen molar-refractivity contribution in [2.45, 2.75) is 13.8 Å². The standard InChI is InChI=1S/C2H6.2Na.2H3O3P.2H/c1-2;;;2*1-4(2)3;;/h1-2H3;;;2*4H,(H2,1,2,3);;. The summed E-state index contributed by atoms with van der Waals surface area (Å²) in [5, 5.41) is 0. The molecule has 10 heteroatoms. The molecular weight excluding hydrogens is 228 g/mol. The molecule has 0 bridgehead atoms. The van der Waals surface area contributed by atoms with E-state index in [0.29, 0.717) is 0 Å². The third kappa shape index (κ3) is 297. The molecule has 6 nitrogen and oxygen atoms in total.